The maximum atomic E-state index is 12.9. The molecule has 31 heavy (non-hydrogen) atoms. The van der Waals surface area contributed by atoms with Crippen molar-refractivity contribution in [3.05, 3.63) is 69.7 Å². The van der Waals surface area contributed by atoms with Crippen molar-refractivity contribution in [3.63, 3.8) is 0 Å². The van der Waals surface area contributed by atoms with Crippen LogP contribution in [0.1, 0.15) is 35.2 Å². The molecule has 5 nitrogen and oxygen atoms in total. The van der Waals surface area contributed by atoms with Crippen LogP contribution in [-0.4, -0.2) is 53.8 Å². The van der Waals surface area contributed by atoms with Crippen molar-refractivity contribution >= 4 is 35.0 Å². The van der Waals surface area contributed by atoms with Crippen LogP contribution in [0.2, 0.25) is 10.0 Å². The maximum Gasteiger partial charge on any atom is 0.253 e. The van der Waals surface area contributed by atoms with E-state index in [1.807, 2.05) is 6.07 Å². The number of benzene rings is 2. The Morgan fingerprint density at radius 1 is 0.968 bits per heavy atom. The van der Waals surface area contributed by atoms with Crippen molar-refractivity contribution in [2.75, 3.05) is 26.2 Å². The van der Waals surface area contributed by atoms with E-state index in [1.165, 1.54) is 5.56 Å². The predicted octanol–water partition coefficient (Wildman–Crippen LogP) is 4.24. The average Bonchev–Trinajstić information content (AvgIpc) is 3.22. The molecule has 0 saturated carbocycles. The standard InChI is InChI=1S/C24H27Cl2N3O2/c25-21-9-8-18(13-22(21)26)24(31)29-11-4-7-19(15-29)23(30)27-20-10-12-28(16-20)14-17-5-2-1-3-6-17/h1-3,5-6,8-9,13,19-20H,4,7,10-12,14-16H2,(H,27,30). The lowest BCUT2D eigenvalue weighted by Crippen LogP contribution is -2.48. The van der Waals surface area contributed by atoms with Gasteiger partial charge in [0, 0.05) is 44.3 Å². The summed E-state index contributed by atoms with van der Waals surface area (Å²) in [6.07, 6.45) is 2.57. The van der Waals surface area contributed by atoms with Gasteiger partial charge >= 0.3 is 0 Å². The van der Waals surface area contributed by atoms with Crippen LogP contribution in [0.4, 0.5) is 0 Å². The van der Waals surface area contributed by atoms with Crippen molar-refractivity contribution < 1.29 is 9.59 Å². The van der Waals surface area contributed by atoms with E-state index in [-0.39, 0.29) is 23.8 Å². The number of hydrogen-bond acceptors (Lipinski definition) is 3. The van der Waals surface area contributed by atoms with Gasteiger partial charge in [-0.25, -0.2) is 0 Å². The molecule has 2 aliphatic heterocycles. The van der Waals surface area contributed by atoms with Crippen molar-refractivity contribution in [3.8, 4) is 0 Å². The molecule has 2 aromatic carbocycles. The number of carbonyl (C=O) groups is 2. The fourth-order valence-corrected chi connectivity index (χ4v) is 4.74. The molecule has 0 radical (unpaired) electrons. The van der Waals surface area contributed by atoms with Gasteiger partial charge in [-0.2, -0.15) is 0 Å². The van der Waals surface area contributed by atoms with Gasteiger partial charge in [0.25, 0.3) is 5.91 Å². The van der Waals surface area contributed by atoms with Crippen molar-refractivity contribution in [1.29, 1.82) is 0 Å². The number of nitrogens with zero attached hydrogens (tertiary/aromatic N) is 2. The number of rotatable bonds is 5. The first-order chi connectivity index (χ1) is 15.0. The van der Waals surface area contributed by atoms with Crippen LogP contribution in [0.25, 0.3) is 0 Å². The summed E-state index contributed by atoms with van der Waals surface area (Å²) in [5.41, 5.74) is 1.79. The number of halogens is 2. The highest BCUT2D eigenvalue weighted by molar-refractivity contribution is 6.42. The molecule has 4 rings (SSSR count). The van der Waals surface area contributed by atoms with Crippen LogP contribution >= 0.6 is 23.2 Å². The molecule has 2 unspecified atom stereocenters. The first kappa shape index (κ1) is 22.1. The molecular formula is C24H27Cl2N3O2. The normalized spacial score (nSPS) is 21.8. The summed E-state index contributed by atoms with van der Waals surface area (Å²) in [5, 5.41) is 4.01. The zero-order valence-electron chi connectivity index (χ0n) is 17.4. The summed E-state index contributed by atoms with van der Waals surface area (Å²) in [6.45, 7) is 3.83. The third-order valence-corrected chi connectivity index (χ3v) is 6.85. The number of piperidine rings is 1. The number of likely N-dealkylation sites (tertiary alicyclic amines) is 2. The van der Waals surface area contributed by atoms with Gasteiger partial charge in [-0.15, -0.1) is 0 Å². The van der Waals surface area contributed by atoms with Gasteiger partial charge in [0.2, 0.25) is 5.91 Å². The second kappa shape index (κ2) is 10.0. The highest BCUT2D eigenvalue weighted by atomic mass is 35.5. The minimum Gasteiger partial charge on any atom is -0.352 e. The largest absolute Gasteiger partial charge is 0.352 e. The molecule has 0 bridgehead atoms. The molecule has 2 aliphatic rings. The van der Waals surface area contributed by atoms with Gasteiger partial charge < -0.3 is 10.2 Å². The third kappa shape index (κ3) is 5.59. The second-order valence-electron chi connectivity index (χ2n) is 8.43. The summed E-state index contributed by atoms with van der Waals surface area (Å²) in [7, 11) is 0. The van der Waals surface area contributed by atoms with E-state index in [0.29, 0.717) is 28.7 Å². The zero-order valence-corrected chi connectivity index (χ0v) is 18.9. The van der Waals surface area contributed by atoms with Crippen LogP contribution in [0.5, 0.6) is 0 Å². The number of amides is 2. The predicted molar refractivity (Wildman–Crippen MR) is 123 cm³/mol. The van der Waals surface area contributed by atoms with Crippen molar-refractivity contribution in [1.82, 2.24) is 15.1 Å². The van der Waals surface area contributed by atoms with E-state index >= 15 is 0 Å². The summed E-state index contributed by atoms with van der Waals surface area (Å²) in [4.78, 5) is 29.9. The van der Waals surface area contributed by atoms with E-state index in [4.69, 9.17) is 23.2 Å². The molecule has 2 fully saturated rings. The molecule has 7 heteroatoms. The van der Waals surface area contributed by atoms with E-state index in [0.717, 1.165) is 38.9 Å². The van der Waals surface area contributed by atoms with E-state index in [2.05, 4.69) is 34.5 Å². The van der Waals surface area contributed by atoms with Crippen LogP contribution in [0.15, 0.2) is 48.5 Å². The Bertz CT molecular complexity index is 938. The quantitative estimate of drug-likeness (QED) is 0.727. The Morgan fingerprint density at radius 2 is 1.77 bits per heavy atom. The molecule has 0 aliphatic carbocycles. The minimum absolute atomic E-state index is 0.0539. The zero-order chi connectivity index (χ0) is 21.8. The van der Waals surface area contributed by atoms with E-state index in [1.54, 1.807) is 23.1 Å². The summed E-state index contributed by atoms with van der Waals surface area (Å²) in [5.74, 6) is -0.229. The van der Waals surface area contributed by atoms with Gasteiger partial charge in [-0.05, 0) is 43.0 Å². The van der Waals surface area contributed by atoms with Gasteiger partial charge in [-0.1, -0.05) is 53.5 Å². The molecule has 164 valence electrons. The SMILES string of the molecule is O=C(NC1CCN(Cc2ccccc2)C1)C1CCCN(C(=O)c2ccc(Cl)c(Cl)c2)C1. The number of nitrogens with one attached hydrogen (secondary N) is 1. The Morgan fingerprint density at radius 3 is 2.55 bits per heavy atom. The lowest BCUT2D eigenvalue weighted by Gasteiger charge is -2.32. The third-order valence-electron chi connectivity index (χ3n) is 6.11. The smallest absolute Gasteiger partial charge is 0.253 e. The molecule has 0 aromatic heterocycles. The highest BCUT2D eigenvalue weighted by Gasteiger charge is 2.31. The van der Waals surface area contributed by atoms with E-state index in [9.17, 15) is 9.59 Å². The second-order valence-corrected chi connectivity index (χ2v) is 9.25. The number of hydrogen-bond donors (Lipinski definition) is 1. The van der Waals surface area contributed by atoms with Crippen LogP contribution in [0.3, 0.4) is 0 Å². The van der Waals surface area contributed by atoms with Gasteiger partial charge in [0.15, 0.2) is 0 Å². The lowest BCUT2D eigenvalue weighted by molar-refractivity contribution is -0.127. The van der Waals surface area contributed by atoms with Crippen LogP contribution in [0, 0.1) is 5.92 Å². The van der Waals surface area contributed by atoms with Crippen LogP contribution in [-0.2, 0) is 11.3 Å². The summed E-state index contributed by atoms with van der Waals surface area (Å²) in [6, 6.07) is 15.5. The van der Waals surface area contributed by atoms with Crippen LogP contribution < -0.4 is 5.32 Å². The van der Waals surface area contributed by atoms with Gasteiger partial charge in [0.05, 0.1) is 16.0 Å². The van der Waals surface area contributed by atoms with E-state index < -0.39 is 0 Å². The molecule has 2 saturated heterocycles. The highest BCUT2D eigenvalue weighted by Crippen LogP contribution is 2.25. The van der Waals surface area contributed by atoms with Gasteiger partial charge in [-0.3, -0.25) is 14.5 Å². The molecule has 2 amide bonds. The first-order valence-corrected chi connectivity index (χ1v) is 11.6. The fourth-order valence-electron chi connectivity index (χ4n) is 4.44. The average molecular weight is 460 g/mol. The molecule has 2 atom stereocenters. The van der Waals surface area contributed by atoms with Crippen molar-refractivity contribution in [2.45, 2.75) is 31.8 Å². The topological polar surface area (TPSA) is 52.7 Å². The summed E-state index contributed by atoms with van der Waals surface area (Å²) >= 11 is 12.0. The molecule has 1 N–H and O–H groups in total. The Balaban J connectivity index is 1.29. The van der Waals surface area contributed by atoms with Crippen molar-refractivity contribution in [2.24, 2.45) is 5.92 Å². The summed E-state index contributed by atoms with van der Waals surface area (Å²) < 4.78 is 0. The Kier molecular flexibility index (Phi) is 7.16. The fraction of sp³-hybridized carbons (Fsp3) is 0.417. The molecular weight excluding hydrogens is 433 g/mol. The lowest BCUT2D eigenvalue weighted by atomic mass is 9.96. The molecule has 0 spiro atoms. The minimum atomic E-state index is -0.177. The van der Waals surface area contributed by atoms with Gasteiger partial charge in [0.1, 0.15) is 0 Å². The Labute approximate surface area is 193 Å². The first-order valence-electron chi connectivity index (χ1n) is 10.8. The molecule has 2 aromatic rings. The Hall–Kier alpha value is -2.08. The maximum absolute atomic E-state index is 12.9. The monoisotopic (exact) mass is 459 g/mol. The molecule has 2 heterocycles. The number of carbonyl (C=O) groups excluding carboxylic acids is 2.